The number of aromatic amines is 1. The second kappa shape index (κ2) is 8.52. The molecule has 2 aromatic heterocycles. The van der Waals surface area contributed by atoms with Crippen molar-refractivity contribution in [1.82, 2.24) is 15.3 Å². The minimum absolute atomic E-state index is 0.00225. The van der Waals surface area contributed by atoms with Crippen molar-refractivity contribution in [2.24, 2.45) is 0 Å². The van der Waals surface area contributed by atoms with E-state index in [1.54, 1.807) is 12.4 Å². The molecule has 0 spiro atoms. The summed E-state index contributed by atoms with van der Waals surface area (Å²) in [7, 11) is 0. The summed E-state index contributed by atoms with van der Waals surface area (Å²) in [6.45, 7) is 4.86. The van der Waals surface area contributed by atoms with Gasteiger partial charge in [-0.2, -0.15) is 0 Å². The van der Waals surface area contributed by atoms with E-state index in [0.717, 1.165) is 35.1 Å². The van der Waals surface area contributed by atoms with Gasteiger partial charge in [0, 0.05) is 36.0 Å². The Morgan fingerprint density at radius 3 is 2.69 bits per heavy atom. The minimum atomic E-state index is -0.140. The van der Waals surface area contributed by atoms with Crippen LogP contribution >= 0.6 is 0 Å². The molecule has 0 radical (unpaired) electrons. The summed E-state index contributed by atoms with van der Waals surface area (Å²) in [6.07, 6.45) is 7.64. The minimum Gasteiger partial charge on any atom is -0.483 e. The highest BCUT2D eigenvalue weighted by molar-refractivity contribution is 5.90. The molecule has 0 atom stereocenters. The lowest BCUT2D eigenvalue weighted by Gasteiger charge is -2.14. The van der Waals surface area contributed by atoms with Crippen molar-refractivity contribution in [2.45, 2.75) is 39.2 Å². The summed E-state index contributed by atoms with van der Waals surface area (Å²) < 4.78 is 5.86. The molecule has 5 heteroatoms. The van der Waals surface area contributed by atoms with Crippen LogP contribution in [-0.4, -0.2) is 22.5 Å². The van der Waals surface area contributed by atoms with Gasteiger partial charge in [0.15, 0.2) is 6.61 Å². The molecule has 0 saturated carbocycles. The number of hydrogen-bond donors (Lipinski definition) is 2. The largest absolute Gasteiger partial charge is 0.483 e. The van der Waals surface area contributed by atoms with Crippen LogP contribution in [0.5, 0.6) is 5.75 Å². The lowest BCUT2D eigenvalue weighted by molar-refractivity contribution is -0.123. The van der Waals surface area contributed by atoms with Crippen molar-refractivity contribution in [2.75, 3.05) is 6.61 Å². The molecule has 0 aliphatic heterocycles. The zero-order valence-corrected chi connectivity index (χ0v) is 15.3. The molecule has 0 bridgehead atoms. The van der Waals surface area contributed by atoms with Gasteiger partial charge in [-0.1, -0.05) is 19.9 Å². The molecule has 5 nitrogen and oxygen atoms in total. The van der Waals surface area contributed by atoms with Gasteiger partial charge < -0.3 is 15.0 Å². The predicted octanol–water partition coefficient (Wildman–Crippen LogP) is 4.16. The fourth-order valence-corrected chi connectivity index (χ4v) is 3.24. The van der Waals surface area contributed by atoms with E-state index in [4.69, 9.17) is 4.74 Å². The number of nitrogens with one attached hydrogen (secondary N) is 2. The number of ether oxygens (including phenoxy) is 1. The topological polar surface area (TPSA) is 67.0 Å². The fourth-order valence-electron chi connectivity index (χ4n) is 3.24. The van der Waals surface area contributed by atoms with Gasteiger partial charge in [0.1, 0.15) is 5.75 Å². The van der Waals surface area contributed by atoms with Crippen LogP contribution in [-0.2, 0) is 11.3 Å². The summed E-state index contributed by atoms with van der Waals surface area (Å²) in [5, 5.41) is 3.96. The molecule has 2 heterocycles. The average molecular weight is 351 g/mol. The molecular formula is C21H25N3O2. The van der Waals surface area contributed by atoms with E-state index in [1.807, 2.05) is 30.3 Å². The summed E-state index contributed by atoms with van der Waals surface area (Å²) in [6, 6.07) is 9.67. The Kier molecular flexibility index (Phi) is 5.89. The highest BCUT2D eigenvalue weighted by atomic mass is 16.5. The maximum Gasteiger partial charge on any atom is 0.258 e. The van der Waals surface area contributed by atoms with Crippen LogP contribution in [0, 0.1) is 0 Å². The lowest BCUT2D eigenvalue weighted by Crippen LogP contribution is -2.28. The summed E-state index contributed by atoms with van der Waals surface area (Å²) in [5.74, 6) is 1.09. The smallest absolute Gasteiger partial charge is 0.258 e. The van der Waals surface area contributed by atoms with Crippen molar-refractivity contribution in [3.63, 3.8) is 0 Å². The number of amides is 1. The van der Waals surface area contributed by atoms with Gasteiger partial charge in [-0.3, -0.25) is 9.78 Å². The molecular weight excluding hydrogens is 326 g/mol. The Labute approximate surface area is 153 Å². The summed E-state index contributed by atoms with van der Waals surface area (Å²) in [4.78, 5) is 19.4. The second-order valence-electron chi connectivity index (χ2n) is 6.36. The Morgan fingerprint density at radius 2 is 1.96 bits per heavy atom. The first-order valence-corrected chi connectivity index (χ1v) is 9.11. The van der Waals surface area contributed by atoms with Crippen molar-refractivity contribution < 1.29 is 9.53 Å². The number of nitrogens with zero attached hydrogens (tertiary/aromatic N) is 1. The van der Waals surface area contributed by atoms with Crippen molar-refractivity contribution in [3.05, 3.63) is 60.0 Å². The molecule has 0 aliphatic carbocycles. The molecule has 0 aliphatic rings. The van der Waals surface area contributed by atoms with E-state index in [-0.39, 0.29) is 12.5 Å². The van der Waals surface area contributed by atoms with E-state index in [2.05, 4.69) is 35.3 Å². The summed E-state index contributed by atoms with van der Waals surface area (Å²) in [5.41, 5.74) is 3.32. The number of carbonyl (C=O) groups excluding carboxylic acids is 1. The van der Waals surface area contributed by atoms with Crippen LogP contribution in [0.3, 0.4) is 0 Å². The number of H-pyrrole nitrogens is 1. The van der Waals surface area contributed by atoms with Gasteiger partial charge in [-0.05, 0) is 54.2 Å². The normalized spacial score (nSPS) is 11.0. The standard InChI is InChI=1S/C21H25N3O2/c1-3-16(4-2)17-13-23-18-6-5-7-19(21(17)18)26-14-20(25)24-12-15-8-10-22-11-9-15/h5-11,13,16,23H,3-4,12,14H2,1-2H3,(H,24,25). The molecule has 0 fully saturated rings. The summed E-state index contributed by atoms with van der Waals surface area (Å²) >= 11 is 0. The number of pyridine rings is 1. The van der Waals surface area contributed by atoms with Crippen molar-refractivity contribution in [1.29, 1.82) is 0 Å². The van der Waals surface area contributed by atoms with E-state index < -0.39 is 0 Å². The monoisotopic (exact) mass is 351 g/mol. The van der Waals surface area contributed by atoms with Crippen LogP contribution in [0.1, 0.15) is 43.7 Å². The second-order valence-corrected chi connectivity index (χ2v) is 6.36. The Bertz CT molecular complexity index is 854. The maximum atomic E-state index is 12.1. The molecule has 1 amide bonds. The predicted molar refractivity (Wildman–Crippen MR) is 103 cm³/mol. The van der Waals surface area contributed by atoms with E-state index in [0.29, 0.717) is 12.5 Å². The SMILES string of the molecule is CCC(CC)c1c[nH]c2cccc(OCC(=O)NCc3ccncc3)c12. The number of aromatic nitrogens is 2. The van der Waals surface area contributed by atoms with Crippen molar-refractivity contribution in [3.8, 4) is 5.75 Å². The molecule has 2 N–H and O–H groups in total. The number of carbonyl (C=O) groups is 1. The number of benzene rings is 1. The Morgan fingerprint density at radius 1 is 1.19 bits per heavy atom. The maximum absolute atomic E-state index is 12.1. The van der Waals surface area contributed by atoms with E-state index >= 15 is 0 Å². The third-order valence-electron chi connectivity index (χ3n) is 4.72. The first-order valence-electron chi connectivity index (χ1n) is 9.11. The zero-order chi connectivity index (χ0) is 18.4. The molecule has 26 heavy (non-hydrogen) atoms. The molecule has 3 rings (SSSR count). The van der Waals surface area contributed by atoms with E-state index in [1.165, 1.54) is 5.56 Å². The van der Waals surface area contributed by atoms with Gasteiger partial charge >= 0.3 is 0 Å². The quantitative estimate of drug-likeness (QED) is 0.640. The number of hydrogen-bond acceptors (Lipinski definition) is 3. The molecule has 0 unspecified atom stereocenters. The van der Waals surface area contributed by atoms with Crippen LogP contribution in [0.2, 0.25) is 0 Å². The van der Waals surface area contributed by atoms with Crippen LogP contribution < -0.4 is 10.1 Å². The fraction of sp³-hybridized carbons (Fsp3) is 0.333. The first-order chi connectivity index (χ1) is 12.7. The highest BCUT2D eigenvalue weighted by Gasteiger charge is 2.16. The van der Waals surface area contributed by atoms with Crippen LogP contribution in [0.15, 0.2) is 48.9 Å². The molecule has 1 aromatic carbocycles. The Hall–Kier alpha value is -2.82. The molecule has 136 valence electrons. The number of rotatable bonds is 8. The molecule has 3 aromatic rings. The third kappa shape index (κ3) is 4.04. The zero-order valence-electron chi connectivity index (χ0n) is 15.3. The average Bonchev–Trinajstić information content (AvgIpc) is 3.11. The number of fused-ring (bicyclic) bond motifs is 1. The van der Waals surface area contributed by atoms with Gasteiger partial charge in [0.05, 0.1) is 0 Å². The lowest BCUT2D eigenvalue weighted by atomic mass is 9.93. The van der Waals surface area contributed by atoms with Gasteiger partial charge in [-0.25, -0.2) is 0 Å². The Balaban J connectivity index is 1.68. The third-order valence-corrected chi connectivity index (χ3v) is 4.72. The first kappa shape index (κ1) is 18.0. The van der Waals surface area contributed by atoms with Gasteiger partial charge in [-0.15, -0.1) is 0 Å². The van der Waals surface area contributed by atoms with Crippen LogP contribution in [0.25, 0.3) is 10.9 Å². The highest BCUT2D eigenvalue weighted by Crippen LogP contribution is 2.35. The van der Waals surface area contributed by atoms with Crippen molar-refractivity contribution >= 4 is 16.8 Å². The van der Waals surface area contributed by atoms with Crippen LogP contribution in [0.4, 0.5) is 0 Å². The van der Waals surface area contributed by atoms with Gasteiger partial charge in [0.2, 0.25) is 0 Å². The van der Waals surface area contributed by atoms with Gasteiger partial charge in [0.25, 0.3) is 5.91 Å². The van der Waals surface area contributed by atoms with E-state index in [9.17, 15) is 4.79 Å². The molecule has 0 saturated heterocycles.